The van der Waals surface area contributed by atoms with Crippen molar-refractivity contribution in [2.45, 2.75) is 71.3 Å². The number of benzene rings is 2. The number of Topliss-reactive ketones (excluding diaryl/α,β-unsaturated/α-hetero) is 1. The number of amides is 3. The molecule has 1 saturated carbocycles. The lowest BCUT2D eigenvalue weighted by molar-refractivity contribution is -0.129. The zero-order chi connectivity index (χ0) is 34.4. The second kappa shape index (κ2) is 15.0. The molecule has 11 heteroatoms. The third kappa shape index (κ3) is 9.39. The van der Waals surface area contributed by atoms with Crippen LogP contribution in [0.4, 0.5) is 22.1 Å². The van der Waals surface area contributed by atoms with Crippen LogP contribution < -0.4 is 20.9 Å². The Hall–Kier alpha value is -4.80. The van der Waals surface area contributed by atoms with E-state index in [1.165, 1.54) is 0 Å². The van der Waals surface area contributed by atoms with E-state index in [9.17, 15) is 19.2 Å². The van der Waals surface area contributed by atoms with Gasteiger partial charge in [0, 0.05) is 68.2 Å². The quantitative estimate of drug-likeness (QED) is 0.236. The van der Waals surface area contributed by atoms with Crippen molar-refractivity contribution in [3.05, 3.63) is 66.0 Å². The smallest absolute Gasteiger partial charge is 0.407 e. The summed E-state index contributed by atoms with van der Waals surface area (Å²) in [5.74, 6) is -0.0785. The van der Waals surface area contributed by atoms with Gasteiger partial charge in [0.05, 0.1) is 6.42 Å². The van der Waals surface area contributed by atoms with Crippen LogP contribution in [0.2, 0.25) is 0 Å². The molecule has 11 nitrogen and oxygen atoms in total. The molecule has 0 radical (unpaired) electrons. The SMILES string of the molecule is CN(C)c1ncc(-c2cccc(C[C@H](CC(=O)C3CCC(CNC(=O)OC(C)(C)C)CC3)C(=O)Nc3ccc4c(c3)NC(=O)C4)c2)cn1. The van der Waals surface area contributed by atoms with Gasteiger partial charge in [-0.3, -0.25) is 14.4 Å². The number of hydrogen-bond donors (Lipinski definition) is 3. The predicted molar refractivity (Wildman–Crippen MR) is 186 cm³/mol. The second-order valence-corrected chi connectivity index (χ2v) is 14.1. The normalized spacial score (nSPS) is 17.9. The Morgan fingerprint density at radius 2 is 1.73 bits per heavy atom. The van der Waals surface area contributed by atoms with Gasteiger partial charge >= 0.3 is 6.09 Å². The minimum Gasteiger partial charge on any atom is -0.444 e. The molecule has 0 unspecified atom stereocenters. The van der Waals surface area contributed by atoms with Crippen molar-refractivity contribution >= 4 is 41.0 Å². The van der Waals surface area contributed by atoms with Crippen molar-refractivity contribution in [1.82, 2.24) is 15.3 Å². The van der Waals surface area contributed by atoms with Crippen LogP contribution in [0, 0.1) is 17.8 Å². The van der Waals surface area contributed by atoms with Crippen molar-refractivity contribution in [2.24, 2.45) is 17.8 Å². The highest BCUT2D eigenvalue weighted by Crippen LogP contribution is 2.32. The Morgan fingerprint density at radius 1 is 1.00 bits per heavy atom. The topological polar surface area (TPSA) is 143 Å². The summed E-state index contributed by atoms with van der Waals surface area (Å²) in [7, 11) is 3.77. The van der Waals surface area contributed by atoms with Crippen LogP contribution in [0.25, 0.3) is 11.1 Å². The van der Waals surface area contributed by atoms with Crippen LogP contribution in [-0.2, 0) is 32.0 Å². The van der Waals surface area contributed by atoms with Gasteiger partial charge in [-0.15, -0.1) is 0 Å². The Kier molecular flexibility index (Phi) is 10.8. The first-order chi connectivity index (χ1) is 22.8. The number of ketones is 1. The molecule has 1 fully saturated rings. The van der Waals surface area contributed by atoms with Crippen LogP contribution in [0.3, 0.4) is 0 Å². The minimum absolute atomic E-state index is 0.0751. The number of anilines is 3. The maximum absolute atomic E-state index is 13.8. The molecule has 0 bridgehead atoms. The fourth-order valence-electron chi connectivity index (χ4n) is 6.30. The summed E-state index contributed by atoms with van der Waals surface area (Å²) in [4.78, 5) is 62.2. The van der Waals surface area contributed by atoms with Gasteiger partial charge in [-0.05, 0) is 87.6 Å². The molecular weight excluding hydrogens is 608 g/mol. The highest BCUT2D eigenvalue weighted by Gasteiger charge is 2.31. The number of carbonyl (C=O) groups excluding carboxylic acids is 4. The maximum Gasteiger partial charge on any atom is 0.407 e. The molecule has 2 aromatic carbocycles. The molecule has 5 rings (SSSR count). The van der Waals surface area contributed by atoms with Crippen molar-refractivity contribution in [3.8, 4) is 11.1 Å². The van der Waals surface area contributed by atoms with Gasteiger partial charge < -0.3 is 25.6 Å². The lowest BCUT2D eigenvalue weighted by Gasteiger charge is -2.29. The van der Waals surface area contributed by atoms with Gasteiger partial charge in [0.25, 0.3) is 0 Å². The zero-order valence-electron chi connectivity index (χ0n) is 28.5. The van der Waals surface area contributed by atoms with E-state index in [-0.39, 0.29) is 35.9 Å². The lowest BCUT2D eigenvalue weighted by atomic mass is 9.77. The van der Waals surface area contributed by atoms with Crippen LogP contribution >= 0.6 is 0 Å². The average molecular weight is 655 g/mol. The first-order valence-electron chi connectivity index (χ1n) is 16.6. The van der Waals surface area contributed by atoms with Gasteiger partial charge in [0.15, 0.2) is 0 Å². The number of nitrogens with zero attached hydrogens (tertiary/aromatic N) is 3. The third-order valence-corrected chi connectivity index (χ3v) is 8.84. The number of fused-ring (bicyclic) bond motifs is 1. The number of carbonyl (C=O) groups is 4. The lowest BCUT2D eigenvalue weighted by Crippen LogP contribution is -2.37. The summed E-state index contributed by atoms with van der Waals surface area (Å²) in [6.07, 6.45) is 7.02. The summed E-state index contributed by atoms with van der Waals surface area (Å²) in [6, 6.07) is 13.3. The highest BCUT2D eigenvalue weighted by molar-refractivity contribution is 6.01. The molecule has 1 aromatic heterocycles. The van der Waals surface area contributed by atoms with Crippen LogP contribution in [0.5, 0.6) is 0 Å². The molecule has 3 N–H and O–H groups in total. The number of ether oxygens (including phenoxy) is 1. The largest absolute Gasteiger partial charge is 0.444 e. The van der Waals surface area contributed by atoms with Gasteiger partial charge in [-0.2, -0.15) is 0 Å². The van der Waals surface area contributed by atoms with Gasteiger partial charge in [-0.25, -0.2) is 14.8 Å². The van der Waals surface area contributed by atoms with E-state index in [4.69, 9.17) is 4.74 Å². The standard InChI is InChI=1S/C37H46N6O5/c1-37(2,3)48-36(47)40-20-23-9-11-25(12-10-23)32(44)17-28(34(46)41-30-14-13-27-18-33(45)42-31(27)19-30)16-24-7-6-8-26(15-24)29-21-38-35(39-22-29)43(4)5/h6-8,13-15,19,21-23,25,28H,9-12,16-18,20H2,1-5H3,(H,40,47)(H,41,46)(H,42,45)/t23?,25?,28-/m1/s1. The molecule has 48 heavy (non-hydrogen) atoms. The first-order valence-corrected chi connectivity index (χ1v) is 16.6. The number of hydrogen-bond acceptors (Lipinski definition) is 8. The Labute approximate surface area is 282 Å². The zero-order valence-corrected chi connectivity index (χ0v) is 28.5. The molecular formula is C37H46N6O5. The number of alkyl carbamates (subject to hydrolysis) is 1. The summed E-state index contributed by atoms with van der Waals surface area (Å²) in [5.41, 5.74) is 4.31. The third-order valence-electron chi connectivity index (χ3n) is 8.84. The fraction of sp³-hybridized carbons (Fsp3) is 0.459. The van der Waals surface area contributed by atoms with Crippen molar-refractivity contribution < 1.29 is 23.9 Å². The Balaban J connectivity index is 1.26. The average Bonchev–Trinajstić information content (AvgIpc) is 3.42. The van der Waals surface area contributed by atoms with Crippen molar-refractivity contribution in [2.75, 3.05) is 36.2 Å². The maximum atomic E-state index is 13.8. The molecule has 2 heterocycles. The van der Waals surface area contributed by atoms with E-state index in [0.717, 1.165) is 47.9 Å². The van der Waals surface area contributed by atoms with E-state index >= 15 is 0 Å². The Morgan fingerprint density at radius 3 is 2.42 bits per heavy atom. The van der Waals surface area contributed by atoms with Crippen molar-refractivity contribution in [3.63, 3.8) is 0 Å². The molecule has 254 valence electrons. The van der Waals surface area contributed by atoms with E-state index in [1.54, 1.807) is 24.5 Å². The fourth-order valence-corrected chi connectivity index (χ4v) is 6.30. The molecule has 1 aliphatic heterocycles. The summed E-state index contributed by atoms with van der Waals surface area (Å²) >= 11 is 0. The molecule has 0 spiro atoms. The Bertz CT molecular complexity index is 1640. The van der Waals surface area contributed by atoms with Gasteiger partial charge in [0.2, 0.25) is 17.8 Å². The molecule has 1 atom stereocenters. The number of nitrogens with one attached hydrogen (secondary N) is 3. The molecule has 3 aromatic rings. The molecule has 3 amide bonds. The van der Waals surface area contributed by atoms with E-state index in [2.05, 4.69) is 25.9 Å². The van der Waals surface area contributed by atoms with Crippen molar-refractivity contribution in [1.29, 1.82) is 0 Å². The predicted octanol–water partition coefficient (Wildman–Crippen LogP) is 5.79. The van der Waals surface area contributed by atoms with Crippen LogP contribution in [-0.4, -0.2) is 59.9 Å². The summed E-state index contributed by atoms with van der Waals surface area (Å²) in [6.45, 7) is 6.01. The minimum atomic E-state index is -0.602. The number of aromatic nitrogens is 2. The summed E-state index contributed by atoms with van der Waals surface area (Å²) in [5, 5.41) is 8.70. The van der Waals surface area contributed by atoms with Crippen LogP contribution in [0.1, 0.15) is 64.0 Å². The number of rotatable bonds is 11. The van der Waals surface area contributed by atoms with E-state index < -0.39 is 17.6 Å². The molecule has 2 aliphatic rings. The second-order valence-electron chi connectivity index (χ2n) is 14.1. The van der Waals surface area contributed by atoms with Crippen LogP contribution in [0.15, 0.2) is 54.9 Å². The van der Waals surface area contributed by atoms with Gasteiger partial charge in [0.1, 0.15) is 11.4 Å². The molecule has 1 aliphatic carbocycles. The van der Waals surface area contributed by atoms with E-state index in [0.29, 0.717) is 36.7 Å². The van der Waals surface area contributed by atoms with Gasteiger partial charge in [-0.1, -0.05) is 30.3 Å². The molecule has 0 saturated heterocycles. The monoisotopic (exact) mass is 654 g/mol. The van der Waals surface area contributed by atoms with E-state index in [1.807, 2.05) is 70.1 Å². The highest BCUT2D eigenvalue weighted by atomic mass is 16.6. The summed E-state index contributed by atoms with van der Waals surface area (Å²) < 4.78 is 5.35. The first kappa shape index (κ1) is 34.5.